The van der Waals surface area contributed by atoms with Crippen LogP contribution in [0, 0.1) is 22.7 Å². The number of nitrogens with zero attached hydrogens (tertiary/aromatic N) is 3. The van der Waals surface area contributed by atoms with Crippen LogP contribution in [0.15, 0.2) is 6.07 Å². The van der Waals surface area contributed by atoms with Gasteiger partial charge in [-0.1, -0.05) is 0 Å². The SMILES string of the molecule is COc1nc(C#N)cc(C(F)F)c1CC#N. The molecule has 0 radical (unpaired) electrons. The van der Waals surface area contributed by atoms with E-state index in [-0.39, 0.29) is 29.1 Å². The van der Waals surface area contributed by atoms with Gasteiger partial charge in [0.25, 0.3) is 6.43 Å². The standard InChI is InChI=1S/C10H7F2N3O/c1-16-10-7(2-3-13)8(9(11)12)4-6(5-14)15-10/h4,9H,2H2,1H3. The third-order valence-corrected chi connectivity index (χ3v) is 1.92. The van der Waals surface area contributed by atoms with Gasteiger partial charge >= 0.3 is 0 Å². The first-order valence-corrected chi connectivity index (χ1v) is 4.27. The fourth-order valence-corrected chi connectivity index (χ4v) is 1.24. The van der Waals surface area contributed by atoms with Crippen molar-refractivity contribution in [2.24, 2.45) is 0 Å². The zero-order chi connectivity index (χ0) is 12.1. The molecule has 0 bridgehead atoms. The molecule has 0 fully saturated rings. The van der Waals surface area contributed by atoms with Crippen molar-refractivity contribution in [2.45, 2.75) is 12.8 Å². The van der Waals surface area contributed by atoms with Crippen molar-refractivity contribution in [2.75, 3.05) is 7.11 Å². The predicted molar refractivity (Wildman–Crippen MR) is 49.8 cm³/mol. The number of rotatable bonds is 3. The van der Waals surface area contributed by atoms with Gasteiger partial charge in [0.15, 0.2) is 0 Å². The molecule has 0 aliphatic carbocycles. The summed E-state index contributed by atoms with van der Waals surface area (Å²) in [5.41, 5.74) is -0.516. The number of aromatic nitrogens is 1. The molecule has 0 saturated heterocycles. The number of pyridine rings is 1. The second-order valence-corrected chi connectivity index (χ2v) is 2.83. The van der Waals surface area contributed by atoms with Crippen LogP contribution in [0.3, 0.4) is 0 Å². The van der Waals surface area contributed by atoms with E-state index in [1.54, 1.807) is 12.1 Å². The van der Waals surface area contributed by atoms with Gasteiger partial charge in [0.05, 0.1) is 19.6 Å². The first kappa shape index (κ1) is 11.9. The zero-order valence-corrected chi connectivity index (χ0v) is 8.37. The van der Waals surface area contributed by atoms with Gasteiger partial charge in [-0.05, 0) is 6.07 Å². The third kappa shape index (κ3) is 2.23. The van der Waals surface area contributed by atoms with Gasteiger partial charge < -0.3 is 4.74 Å². The van der Waals surface area contributed by atoms with Gasteiger partial charge in [-0.25, -0.2) is 13.8 Å². The molecule has 6 heteroatoms. The highest BCUT2D eigenvalue weighted by Crippen LogP contribution is 2.29. The lowest BCUT2D eigenvalue weighted by Crippen LogP contribution is -2.03. The lowest BCUT2D eigenvalue weighted by Gasteiger charge is -2.10. The fraction of sp³-hybridized carbons (Fsp3) is 0.300. The average Bonchev–Trinajstić information content (AvgIpc) is 2.29. The second kappa shape index (κ2) is 5.04. The van der Waals surface area contributed by atoms with Crippen LogP contribution >= 0.6 is 0 Å². The number of nitriles is 2. The molecule has 1 aromatic heterocycles. The molecule has 82 valence electrons. The summed E-state index contributed by atoms with van der Waals surface area (Å²) in [6.45, 7) is 0. The third-order valence-electron chi connectivity index (χ3n) is 1.92. The van der Waals surface area contributed by atoms with Gasteiger partial charge in [0.1, 0.15) is 11.8 Å². The Hall–Kier alpha value is -2.21. The normalized spacial score (nSPS) is 9.62. The molecule has 0 unspecified atom stereocenters. The van der Waals surface area contributed by atoms with E-state index in [0.717, 1.165) is 6.07 Å². The smallest absolute Gasteiger partial charge is 0.264 e. The number of ether oxygens (including phenoxy) is 1. The maximum Gasteiger partial charge on any atom is 0.264 e. The first-order chi connectivity index (χ1) is 7.63. The van der Waals surface area contributed by atoms with Gasteiger partial charge in [-0.15, -0.1) is 0 Å². The van der Waals surface area contributed by atoms with Crippen molar-refractivity contribution in [1.29, 1.82) is 10.5 Å². The van der Waals surface area contributed by atoms with Crippen molar-refractivity contribution in [1.82, 2.24) is 4.98 Å². The molecule has 16 heavy (non-hydrogen) atoms. The number of alkyl halides is 2. The van der Waals surface area contributed by atoms with Crippen LogP contribution < -0.4 is 4.74 Å². The van der Waals surface area contributed by atoms with Crippen LogP contribution in [0.1, 0.15) is 23.2 Å². The summed E-state index contributed by atoms with van der Waals surface area (Å²) in [5, 5.41) is 17.1. The molecule has 0 N–H and O–H groups in total. The summed E-state index contributed by atoms with van der Waals surface area (Å²) in [6, 6.07) is 4.39. The van der Waals surface area contributed by atoms with E-state index >= 15 is 0 Å². The van der Waals surface area contributed by atoms with Crippen LogP contribution in [0.5, 0.6) is 5.88 Å². The molecule has 0 aliphatic rings. The molecule has 0 aromatic carbocycles. The van der Waals surface area contributed by atoms with E-state index in [0.29, 0.717) is 0 Å². The maximum absolute atomic E-state index is 12.7. The molecule has 0 amide bonds. The molecule has 0 atom stereocenters. The largest absolute Gasteiger partial charge is 0.481 e. The Bertz CT molecular complexity index is 474. The van der Waals surface area contributed by atoms with Gasteiger partial charge in [-0.3, -0.25) is 0 Å². The Balaban J connectivity index is 3.43. The Morgan fingerprint density at radius 1 is 1.50 bits per heavy atom. The van der Waals surface area contributed by atoms with Crippen LogP contribution in [0.2, 0.25) is 0 Å². The Morgan fingerprint density at radius 3 is 2.62 bits per heavy atom. The van der Waals surface area contributed by atoms with E-state index < -0.39 is 6.43 Å². The van der Waals surface area contributed by atoms with Crippen molar-refractivity contribution in [3.63, 3.8) is 0 Å². The zero-order valence-electron chi connectivity index (χ0n) is 8.37. The van der Waals surface area contributed by atoms with E-state index in [1.807, 2.05) is 0 Å². The summed E-state index contributed by atoms with van der Waals surface area (Å²) in [5.74, 6) is -0.101. The predicted octanol–water partition coefficient (Wildman–Crippen LogP) is 1.97. The minimum absolute atomic E-state index is 0.0269. The van der Waals surface area contributed by atoms with Crippen LogP contribution in [-0.4, -0.2) is 12.1 Å². The summed E-state index contributed by atoms with van der Waals surface area (Å²) in [7, 11) is 1.25. The monoisotopic (exact) mass is 223 g/mol. The summed E-state index contributed by atoms with van der Waals surface area (Å²) >= 11 is 0. The van der Waals surface area contributed by atoms with E-state index in [1.165, 1.54) is 7.11 Å². The highest BCUT2D eigenvalue weighted by molar-refractivity contribution is 5.42. The first-order valence-electron chi connectivity index (χ1n) is 4.27. The maximum atomic E-state index is 12.7. The summed E-state index contributed by atoms with van der Waals surface area (Å²) < 4.78 is 30.1. The molecule has 0 saturated carbocycles. The van der Waals surface area contributed by atoms with E-state index in [2.05, 4.69) is 4.98 Å². The Labute approximate surface area is 90.7 Å². The average molecular weight is 223 g/mol. The second-order valence-electron chi connectivity index (χ2n) is 2.83. The minimum Gasteiger partial charge on any atom is -0.481 e. The number of halogens is 2. The topological polar surface area (TPSA) is 69.7 Å². The number of methoxy groups -OCH3 is 1. The van der Waals surface area contributed by atoms with Gasteiger partial charge in [0, 0.05) is 11.1 Å². The molecular formula is C10H7F2N3O. The molecule has 0 aliphatic heterocycles. The van der Waals surface area contributed by atoms with Crippen LogP contribution in [-0.2, 0) is 6.42 Å². The molecule has 1 rings (SSSR count). The molecule has 1 aromatic rings. The number of hydrogen-bond acceptors (Lipinski definition) is 4. The van der Waals surface area contributed by atoms with Crippen molar-refractivity contribution < 1.29 is 13.5 Å². The van der Waals surface area contributed by atoms with Gasteiger partial charge in [0.2, 0.25) is 5.88 Å². The van der Waals surface area contributed by atoms with Crippen LogP contribution in [0.4, 0.5) is 8.78 Å². The summed E-state index contributed by atoms with van der Waals surface area (Å²) in [4.78, 5) is 3.70. The molecular weight excluding hydrogens is 216 g/mol. The van der Waals surface area contributed by atoms with Crippen molar-refractivity contribution in [3.8, 4) is 18.0 Å². The fourth-order valence-electron chi connectivity index (χ4n) is 1.24. The molecule has 1 heterocycles. The number of hydrogen-bond donors (Lipinski definition) is 0. The lowest BCUT2D eigenvalue weighted by molar-refractivity contribution is 0.149. The minimum atomic E-state index is -2.77. The highest BCUT2D eigenvalue weighted by Gasteiger charge is 2.19. The van der Waals surface area contributed by atoms with Crippen molar-refractivity contribution in [3.05, 3.63) is 22.9 Å². The summed E-state index contributed by atoms with van der Waals surface area (Å²) in [6.07, 6.45) is -3.01. The van der Waals surface area contributed by atoms with Crippen LogP contribution in [0.25, 0.3) is 0 Å². The van der Waals surface area contributed by atoms with Crippen molar-refractivity contribution >= 4 is 0 Å². The van der Waals surface area contributed by atoms with E-state index in [9.17, 15) is 8.78 Å². The van der Waals surface area contributed by atoms with E-state index in [4.69, 9.17) is 15.3 Å². The molecule has 0 spiro atoms. The van der Waals surface area contributed by atoms with Gasteiger partial charge in [-0.2, -0.15) is 10.5 Å². The lowest BCUT2D eigenvalue weighted by atomic mass is 10.1. The molecule has 4 nitrogen and oxygen atoms in total. The Kier molecular flexibility index (Phi) is 3.73. The highest BCUT2D eigenvalue weighted by atomic mass is 19.3. The quantitative estimate of drug-likeness (QED) is 0.785. The Morgan fingerprint density at radius 2 is 2.19 bits per heavy atom.